The van der Waals surface area contributed by atoms with Gasteiger partial charge in [0.05, 0.1) is 11.8 Å². The highest BCUT2D eigenvalue weighted by Crippen LogP contribution is 2.23. The summed E-state index contributed by atoms with van der Waals surface area (Å²) in [5.41, 5.74) is 2.50. The molecule has 1 N–H and O–H groups in total. The normalized spacial score (nSPS) is 18.1. The third-order valence-corrected chi connectivity index (χ3v) is 7.77. The standard InChI is InChI=1S/C31H38N4O4S/c1-7-25(28(8-2)39-23(4)5)22-34-18-11-19-35(21-20-34)31(36)26-14-16-27(17-15-26)33-40(37,38)29-13-10-12-24(6)30(29)32-9-3/h7-10,12-17,23,33H,1-3,6,11,18-22H2,4-5H3/b28-25-,32-30?. The topological polar surface area (TPSA) is 91.3 Å². The van der Waals surface area contributed by atoms with Crippen LogP contribution in [0.25, 0.3) is 0 Å². The van der Waals surface area contributed by atoms with Crippen LogP contribution in [-0.4, -0.2) is 68.7 Å². The Balaban J connectivity index is 1.66. The average Bonchev–Trinajstić information content (AvgIpc) is 3.17. The van der Waals surface area contributed by atoms with Gasteiger partial charge < -0.3 is 9.64 Å². The maximum atomic E-state index is 13.3. The molecule has 0 aromatic heterocycles. The number of benzene rings is 1. The molecule has 0 unspecified atom stereocenters. The van der Waals surface area contributed by atoms with Gasteiger partial charge in [0.15, 0.2) is 0 Å². The number of sulfonamides is 1. The lowest BCUT2D eigenvalue weighted by molar-refractivity contribution is 0.0762. The Hall–Kier alpha value is -3.95. The lowest BCUT2D eigenvalue weighted by Crippen LogP contribution is -2.35. The minimum atomic E-state index is -3.94. The molecule has 8 nitrogen and oxygen atoms in total. The summed E-state index contributed by atoms with van der Waals surface area (Å²) in [6.07, 6.45) is 10.4. The van der Waals surface area contributed by atoms with Crippen LogP contribution in [0.5, 0.6) is 0 Å². The first-order valence-electron chi connectivity index (χ1n) is 13.2. The molecule has 40 heavy (non-hydrogen) atoms. The number of carbonyl (C=O) groups excluding carboxylic acids is 1. The molecule has 1 aliphatic carbocycles. The summed E-state index contributed by atoms with van der Waals surface area (Å²) in [6.45, 7) is 22.6. The van der Waals surface area contributed by atoms with E-state index in [0.717, 1.165) is 24.3 Å². The first-order chi connectivity index (χ1) is 19.1. The highest BCUT2D eigenvalue weighted by atomic mass is 32.2. The summed E-state index contributed by atoms with van der Waals surface area (Å²) < 4.78 is 34.6. The molecule has 0 atom stereocenters. The number of rotatable bonds is 11. The smallest absolute Gasteiger partial charge is 0.264 e. The van der Waals surface area contributed by atoms with E-state index in [-0.39, 0.29) is 22.6 Å². The van der Waals surface area contributed by atoms with Crippen LogP contribution in [0.4, 0.5) is 5.69 Å². The van der Waals surface area contributed by atoms with Gasteiger partial charge in [-0.05, 0) is 62.3 Å². The first-order valence-corrected chi connectivity index (χ1v) is 14.6. The molecule has 3 rings (SSSR count). The van der Waals surface area contributed by atoms with Gasteiger partial charge in [-0.2, -0.15) is 0 Å². The molecule has 2 aliphatic rings. The Morgan fingerprint density at radius 1 is 1.10 bits per heavy atom. The number of amides is 1. The molecule has 1 saturated heterocycles. The second kappa shape index (κ2) is 13.9. The zero-order valence-corrected chi connectivity index (χ0v) is 24.1. The van der Waals surface area contributed by atoms with Gasteiger partial charge >= 0.3 is 0 Å². The van der Waals surface area contributed by atoms with Crippen molar-refractivity contribution in [2.45, 2.75) is 26.4 Å². The van der Waals surface area contributed by atoms with Crippen LogP contribution in [0.15, 0.2) is 114 Å². The molecule has 9 heteroatoms. The van der Waals surface area contributed by atoms with E-state index in [0.29, 0.717) is 43.0 Å². The van der Waals surface area contributed by atoms with Crippen molar-refractivity contribution in [1.82, 2.24) is 9.80 Å². The molecule has 0 bridgehead atoms. The highest BCUT2D eigenvalue weighted by molar-refractivity contribution is 7.97. The van der Waals surface area contributed by atoms with E-state index in [9.17, 15) is 13.2 Å². The first kappa shape index (κ1) is 30.6. The van der Waals surface area contributed by atoms with Gasteiger partial charge in [-0.15, -0.1) is 0 Å². The van der Waals surface area contributed by atoms with Gasteiger partial charge in [0, 0.05) is 55.7 Å². The number of carbonyl (C=O) groups is 1. The minimum absolute atomic E-state index is 0.000361. The third-order valence-electron chi connectivity index (χ3n) is 6.36. The van der Waals surface area contributed by atoms with E-state index >= 15 is 0 Å². The van der Waals surface area contributed by atoms with Crippen molar-refractivity contribution in [2.75, 3.05) is 37.4 Å². The van der Waals surface area contributed by atoms with Gasteiger partial charge in [-0.3, -0.25) is 19.4 Å². The van der Waals surface area contributed by atoms with Crippen molar-refractivity contribution in [3.63, 3.8) is 0 Å². The lowest BCUT2D eigenvalue weighted by atomic mass is 10.1. The monoisotopic (exact) mass is 562 g/mol. The fourth-order valence-electron chi connectivity index (χ4n) is 4.42. The number of hydrogen-bond donors (Lipinski definition) is 1. The molecule has 1 fully saturated rings. The minimum Gasteiger partial charge on any atom is -0.491 e. The fraction of sp³-hybridized carbons (Fsp3) is 0.290. The van der Waals surface area contributed by atoms with Crippen LogP contribution in [0.1, 0.15) is 30.6 Å². The number of allylic oxidation sites excluding steroid dienone is 6. The SMILES string of the molecule is C=CN=C1C(=C)C=CC=C1S(=O)(=O)Nc1ccc(C(=O)N2CCCN(C/C(C=C)=C(/C=C)OC(C)C)CC2)cc1. The van der Waals surface area contributed by atoms with Gasteiger partial charge in [0.2, 0.25) is 0 Å². The van der Waals surface area contributed by atoms with E-state index in [1.54, 1.807) is 48.6 Å². The summed E-state index contributed by atoms with van der Waals surface area (Å²) in [4.78, 5) is 21.5. The van der Waals surface area contributed by atoms with E-state index in [2.05, 4.69) is 40.9 Å². The molecule has 0 saturated carbocycles. The number of nitrogens with one attached hydrogen (secondary N) is 1. The van der Waals surface area contributed by atoms with E-state index in [1.807, 2.05) is 18.7 Å². The van der Waals surface area contributed by atoms with Crippen LogP contribution >= 0.6 is 0 Å². The lowest BCUT2D eigenvalue weighted by Gasteiger charge is -2.23. The number of hydrogen-bond acceptors (Lipinski definition) is 6. The quantitative estimate of drug-likeness (QED) is 0.295. The zero-order valence-electron chi connectivity index (χ0n) is 23.3. The maximum absolute atomic E-state index is 13.3. The Morgan fingerprint density at radius 3 is 2.45 bits per heavy atom. The van der Waals surface area contributed by atoms with Crippen molar-refractivity contribution < 1.29 is 17.9 Å². The van der Waals surface area contributed by atoms with Gasteiger partial charge in [0.1, 0.15) is 10.7 Å². The molecular weight excluding hydrogens is 524 g/mol. The molecule has 212 valence electrons. The van der Waals surface area contributed by atoms with Crippen LogP contribution in [0.3, 0.4) is 0 Å². The number of aliphatic imine (C=N–C) groups is 1. The molecule has 1 heterocycles. The van der Waals surface area contributed by atoms with Gasteiger partial charge in [-0.1, -0.05) is 44.5 Å². The van der Waals surface area contributed by atoms with Crippen LogP contribution in [0, 0.1) is 0 Å². The van der Waals surface area contributed by atoms with E-state index < -0.39 is 10.0 Å². The van der Waals surface area contributed by atoms with Crippen molar-refractivity contribution in [1.29, 1.82) is 0 Å². The van der Waals surface area contributed by atoms with E-state index in [4.69, 9.17) is 4.74 Å². The molecule has 0 radical (unpaired) electrons. The second-order valence-corrected chi connectivity index (χ2v) is 11.3. The van der Waals surface area contributed by atoms with E-state index in [1.165, 1.54) is 12.3 Å². The highest BCUT2D eigenvalue weighted by Gasteiger charge is 2.26. The number of ether oxygens (including phenoxy) is 1. The summed E-state index contributed by atoms with van der Waals surface area (Å²) in [5, 5.41) is 0. The van der Waals surface area contributed by atoms with Crippen molar-refractivity contribution in [3.8, 4) is 0 Å². The molecule has 0 spiro atoms. The van der Waals surface area contributed by atoms with Crippen LogP contribution in [-0.2, 0) is 14.8 Å². The maximum Gasteiger partial charge on any atom is 0.264 e. The van der Waals surface area contributed by atoms with Crippen molar-refractivity contribution in [2.24, 2.45) is 4.99 Å². The Labute approximate surface area is 238 Å². The van der Waals surface area contributed by atoms with Crippen LogP contribution in [0.2, 0.25) is 0 Å². The fourth-order valence-corrected chi connectivity index (χ4v) is 5.67. The number of nitrogens with zero attached hydrogens (tertiary/aromatic N) is 3. The molecule has 1 amide bonds. The van der Waals surface area contributed by atoms with Crippen molar-refractivity contribution in [3.05, 3.63) is 115 Å². The van der Waals surface area contributed by atoms with Gasteiger partial charge in [-0.25, -0.2) is 8.42 Å². The zero-order chi connectivity index (χ0) is 29.3. The molecule has 1 aromatic rings. The Kier molecular flexibility index (Phi) is 10.6. The largest absolute Gasteiger partial charge is 0.491 e. The molecular formula is C31H38N4O4S. The Morgan fingerprint density at radius 2 is 1.82 bits per heavy atom. The summed E-state index contributed by atoms with van der Waals surface area (Å²) in [7, 11) is -3.94. The summed E-state index contributed by atoms with van der Waals surface area (Å²) in [6, 6.07) is 6.43. The predicted octanol–water partition coefficient (Wildman–Crippen LogP) is 5.22. The summed E-state index contributed by atoms with van der Waals surface area (Å²) >= 11 is 0. The molecule has 1 aromatic carbocycles. The second-order valence-electron chi connectivity index (χ2n) is 9.64. The van der Waals surface area contributed by atoms with Crippen molar-refractivity contribution >= 4 is 27.3 Å². The number of anilines is 1. The third kappa shape index (κ3) is 7.80. The Bertz CT molecular complexity index is 1380. The van der Waals surface area contributed by atoms with Crippen LogP contribution < -0.4 is 4.72 Å². The summed E-state index contributed by atoms with van der Waals surface area (Å²) in [5.74, 6) is 0.630. The molecule has 1 aliphatic heterocycles. The van der Waals surface area contributed by atoms with Gasteiger partial charge in [0.25, 0.3) is 15.9 Å². The average molecular weight is 563 g/mol. The predicted molar refractivity (Wildman–Crippen MR) is 164 cm³/mol.